The molecule has 0 radical (unpaired) electrons. The summed E-state index contributed by atoms with van der Waals surface area (Å²) in [5.41, 5.74) is 25.4. The monoisotopic (exact) mass is 1870 g/mol. The Kier molecular flexibility index (Phi) is 18.5. The molecule has 18 heterocycles. The van der Waals surface area contributed by atoms with E-state index in [9.17, 15) is 33.9 Å². The number of aryl methyl sites for hydroxylation is 5. The molecule has 4 spiro atoms. The molecule has 0 fully saturated rings. The summed E-state index contributed by atoms with van der Waals surface area (Å²) in [4.78, 5) is 92.0. The number of aromatic hydroxyl groups is 3. The van der Waals surface area contributed by atoms with Gasteiger partial charge in [-0.2, -0.15) is 0 Å². The predicted molar refractivity (Wildman–Crippen MR) is 525 cm³/mol. The summed E-state index contributed by atoms with van der Waals surface area (Å²) in [5, 5.41) is 28.1. The number of fused-ring (bicyclic) bond motifs is 28. The van der Waals surface area contributed by atoms with Crippen LogP contribution in [-0.4, -0.2) is 117 Å². The lowest BCUT2D eigenvalue weighted by Crippen LogP contribution is -2.39. The van der Waals surface area contributed by atoms with Crippen molar-refractivity contribution in [2.24, 2.45) is 0 Å². The summed E-state index contributed by atoms with van der Waals surface area (Å²) >= 11 is 0. The van der Waals surface area contributed by atoms with E-state index in [1.54, 1.807) is 24.3 Å². The number of esters is 4. The SMILES string of the molecule is O=C1O[C@@]2(c3cc4c(cc3Oc3c2cc2c5c3CCCN5CCC2)[C@@]2(OC(=O)c3ccccc32)c2cc3c5c(c2O4)CCCN5CCC3)c2ccccc21.O=C1O[C@]2(c3cc4c(cc3Oc3c2cc2c5c3CCCN5CCC2)[C@@]2(OC(=O)c3ccccc32)c2cc3c5c(c2O4)CCCN5CCC3)c2ccccc21.O=COc1ccccc1C(=O)c1cc2c3c(c1O)CCCN3CCC2.Oc1ccc(O)cc1. The molecule has 3 N–H and O–H groups in total. The van der Waals surface area contributed by atoms with Crippen LogP contribution in [0.25, 0.3) is 0 Å². The van der Waals surface area contributed by atoms with Gasteiger partial charge in [-0.15, -0.1) is 0 Å². The molecule has 4 atom stereocenters. The Bertz CT molecular complexity index is 7030. The lowest BCUT2D eigenvalue weighted by atomic mass is 9.71. The van der Waals surface area contributed by atoms with E-state index in [1.807, 2.05) is 127 Å². The van der Waals surface area contributed by atoms with Crippen molar-refractivity contribution in [2.45, 2.75) is 151 Å². The van der Waals surface area contributed by atoms with Crippen LogP contribution in [0.3, 0.4) is 0 Å². The number of phenols is 3. The molecule has 0 saturated carbocycles. The Labute approximate surface area is 812 Å². The van der Waals surface area contributed by atoms with Crippen molar-refractivity contribution in [1.82, 2.24) is 0 Å². The fourth-order valence-corrected chi connectivity index (χ4v) is 27.3. The number of rotatable bonds is 4. The maximum Gasteiger partial charge on any atom is 0.340 e. The number of carbonyl (C=O) groups is 6. The molecule has 141 heavy (non-hydrogen) atoms. The smallest absolute Gasteiger partial charge is 0.340 e. The second-order valence-corrected chi connectivity index (χ2v) is 40.3. The van der Waals surface area contributed by atoms with Gasteiger partial charge in [0.15, 0.2) is 22.4 Å². The van der Waals surface area contributed by atoms with E-state index in [1.165, 1.54) is 91.5 Å². The number of nitrogens with zero attached hydrogens (tertiary/aromatic N) is 5. The second-order valence-electron chi connectivity index (χ2n) is 40.3. The summed E-state index contributed by atoms with van der Waals surface area (Å²) in [6, 6.07) is 62.2. The Morgan fingerprint density at radius 1 is 0.284 bits per heavy atom. The molecule has 18 aliphatic rings. The van der Waals surface area contributed by atoms with Crippen molar-refractivity contribution in [3.05, 3.63) is 356 Å². The quantitative estimate of drug-likeness (QED) is 0.0486. The van der Waals surface area contributed by atoms with Gasteiger partial charge >= 0.3 is 23.9 Å². The third kappa shape index (κ3) is 11.9. The van der Waals surface area contributed by atoms with Crippen LogP contribution < -0.4 is 48.2 Å². The molecular weight excluding hydrogens is 1780 g/mol. The van der Waals surface area contributed by atoms with E-state index in [2.05, 4.69) is 48.8 Å². The highest BCUT2D eigenvalue weighted by atomic mass is 16.6. The number of para-hydroxylation sites is 1. The van der Waals surface area contributed by atoms with E-state index < -0.39 is 22.4 Å². The van der Waals surface area contributed by atoms with Crippen molar-refractivity contribution in [1.29, 1.82) is 0 Å². The van der Waals surface area contributed by atoms with Gasteiger partial charge in [0.25, 0.3) is 6.47 Å². The molecule has 0 aliphatic carbocycles. The van der Waals surface area contributed by atoms with Gasteiger partial charge in [0.05, 0.1) is 55.6 Å². The van der Waals surface area contributed by atoms with Crippen LogP contribution in [0.2, 0.25) is 0 Å². The van der Waals surface area contributed by atoms with Gasteiger partial charge in [0.2, 0.25) is 5.78 Å². The minimum absolute atomic E-state index is 0.0660. The van der Waals surface area contributed by atoms with Crippen molar-refractivity contribution in [3.63, 3.8) is 0 Å². The first-order valence-corrected chi connectivity index (χ1v) is 50.1. The van der Waals surface area contributed by atoms with Crippen LogP contribution >= 0.6 is 0 Å². The number of ether oxygens (including phenoxy) is 9. The van der Waals surface area contributed by atoms with Gasteiger partial charge in [-0.05, 0) is 271 Å². The second kappa shape index (κ2) is 31.2. The molecule has 0 amide bonds. The minimum Gasteiger partial charge on any atom is -0.508 e. The third-order valence-electron chi connectivity index (χ3n) is 32.9. The lowest BCUT2D eigenvalue weighted by Gasteiger charge is -2.45. The molecule has 0 saturated heterocycles. The number of hydrogen-bond donors (Lipinski definition) is 3. The van der Waals surface area contributed by atoms with Gasteiger partial charge < -0.3 is 82.5 Å². The fourth-order valence-electron chi connectivity index (χ4n) is 27.3. The highest BCUT2D eigenvalue weighted by Gasteiger charge is 2.63. The first-order chi connectivity index (χ1) is 69.1. The first kappa shape index (κ1) is 83.6. The molecule has 31 rings (SSSR count). The van der Waals surface area contributed by atoms with Crippen molar-refractivity contribution >= 4 is 64.6 Å². The summed E-state index contributed by atoms with van der Waals surface area (Å²) in [7, 11) is 0. The maximum absolute atomic E-state index is 14.0. The van der Waals surface area contributed by atoms with Crippen molar-refractivity contribution in [2.75, 3.05) is 89.9 Å². The van der Waals surface area contributed by atoms with Crippen LogP contribution in [0.1, 0.15) is 244 Å². The number of carbonyl (C=O) groups excluding carboxylic acids is 6. The third-order valence-corrected chi connectivity index (χ3v) is 32.9. The van der Waals surface area contributed by atoms with Crippen molar-refractivity contribution in [3.8, 4) is 69.0 Å². The van der Waals surface area contributed by atoms with Crippen LogP contribution in [0, 0.1) is 0 Å². The number of ketones is 1. The predicted octanol–water partition coefficient (Wildman–Crippen LogP) is 20.4. The van der Waals surface area contributed by atoms with Gasteiger partial charge in [0, 0.05) is 166 Å². The van der Waals surface area contributed by atoms with E-state index in [0.717, 1.165) is 278 Å². The molecule has 18 aliphatic heterocycles. The summed E-state index contributed by atoms with van der Waals surface area (Å²) in [6.45, 7) is 10.5. The zero-order valence-corrected chi connectivity index (χ0v) is 77.5. The average molecular weight is 1870 g/mol. The number of hydrogen-bond acceptors (Lipinski definition) is 23. The zero-order valence-electron chi connectivity index (χ0n) is 77.5. The molecule has 0 unspecified atom stereocenters. The Morgan fingerprint density at radius 2 is 0.539 bits per heavy atom. The standard InChI is InChI=1S/2C46H36N2O6.C20H19NO4.C6H6O2/c2*49-43-27-11-1-3-15-31(27)45(53-43)33-23-38-34(24-37(33)51-41-29-13-7-19-47-17-5-9-25(39(29)47)21-35(41)45)46(32-16-4-2-12-28(32)44(50)54-46)36-22-26-10-6-18-48-20-8-14-30(40(26)48)42(36)52-38;22-12-25-17-8-2-1-6-14(17)19(23)16-11-13-5-3-9-21-10-4-7-15(18(13)21)20(16)24;7-5-1-2-6(8)4-3-5/h2*1-4,11-12,15-16,21-24H,5-10,13-14,17-20H2;1-2,6,8,11-12,24H,3-5,7,9-10H2;1-4,7-8H/t45-,46+;45-,46-;;/m.1../s1. The van der Waals surface area contributed by atoms with E-state index >= 15 is 0 Å². The van der Waals surface area contributed by atoms with E-state index in [-0.39, 0.29) is 58.2 Å². The topological polar surface area (TPSA) is 262 Å². The number of benzene rings is 13. The van der Waals surface area contributed by atoms with Crippen LogP contribution in [-0.2, 0) is 110 Å². The normalized spacial score (nSPS) is 21.7. The summed E-state index contributed by atoms with van der Waals surface area (Å²) in [6.07, 6.45) is 19.5. The molecule has 702 valence electrons. The zero-order chi connectivity index (χ0) is 94.4. The molecular formula is C118H97N5O18. The molecule has 23 heteroatoms. The highest BCUT2D eigenvalue weighted by molar-refractivity contribution is 6.13. The van der Waals surface area contributed by atoms with Gasteiger partial charge in [-0.1, -0.05) is 84.9 Å². The molecule has 23 nitrogen and oxygen atoms in total. The van der Waals surface area contributed by atoms with E-state index in [0.29, 0.717) is 79.5 Å². The fraction of sp³-hybridized carbons (Fsp3) is 0.288. The van der Waals surface area contributed by atoms with Crippen molar-refractivity contribution < 1.29 is 86.7 Å². The Hall–Kier alpha value is -15.5. The molecule has 0 aromatic heterocycles. The van der Waals surface area contributed by atoms with Crippen LogP contribution in [0.15, 0.2) is 200 Å². The average Bonchev–Trinajstić information content (AvgIpc) is 1.57. The molecule has 13 aromatic carbocycles. The van der Waals surface area contributed by atoms with Gasteiger partial charge in [-0.3, -0.25) is 9.59 Å². The first-order valence-electron chi connectivity index (χ1n) is 50.1. The largest absolute Gasteiger partial charge is 0.508 e. The highest BCUT2D eigenvalue weighted by Crippen LogP contribution is 2.69. The number of phenolic OH excluding ortho intramolecular Hbond substituents is 3. The maximum atomic E-state index is 14.0. The van der Waals surface area contributed by atoms with E-state index in [4.69, 9.17) is 52.8 Å². The minimum atomic E-state index is -1.25. The van der Waals surface area contributed by atoms with Crippen LogP contribution in [0.4, 0.5) is 28.4 Å². The van der Waals surface area contributed by atoms with Gasteiger partial charge in [-0.25, -0.2) is 19.2 Å². The summed E-state index contributed by atoms with van der Waals surface area (Å²) < 4.78 is 60.8. The number of anilines is 5. The van der Waals surface area contributed by atoms with Crippen LogP contribution in [0.5, 0.6) is 69.0 Å². The Balaban J connectivity index is 0.000000105. The Morgan fingerprint density at radius 3 is 0.837 bits per heavy atom. The molecule has 0 bridgehead atoms. The lowest BCUT2D eigenvalue weighted by molar-refractivity contribution is -0.120. The molecule has 13 aromatic rings. The summed E-state index contributed by atoms with van der Waals surface area (Å²) in [5.74, 6) is 4.25. The van der Waals surface area contributed by atoms with Gasteiger partial charge in [0.1, 0.15) is 69.0 Å².